The number of halogens is 1. The van der Waals surface area contributed by atoms with Crippen molar-refractivity contribution < 1.29 is 43.7 Å². The highest BCUT2D eigenvalue weighted by molar-refractivity contribution is 14.1. The standard InChI is InChI=1S/C41H66IN5O9/c1-38(2,3)41(36(53)54,22-21-32(48)49)47(39(4,5)6)37(55)46-30(35(52)56-40(7,8)9)16-12-13-23-44-34(51)31(24-28-14-10-11-15-29(28)42)45-33(50)27-19-17-26(25-43)18-20-27/h10-11,14-15,26-27,30-31H,12-13,16-25,43H2,1-9H3,(H,44,51)(H,45,50)(H,46,55)(H,48,49)(H,53,54)/t26?,27?,30-,31-,41-/m0/s1. The summed E-state index contributed by atoms with van der Waals surface area (Å²) in [7, 11) is 0. The first kappa shape index (κ1) is 48.7. The van der Waals surface area contributed by atoms with Gasteiger partial charge in [-0.3, -0.25) is 14.4 Å². The Balaban J connectivity index is 2.25. The van der Waals surface area contributed by atoms with Gasteiger partial charge in [-0.05, 0) is 145 Å². The highest BCUT2D eigenvalue weighted by Gasteiger charge is 2.58. The van der Waals surface area contributed by atoms with Crippen LogP contribution in [0.25, 0.3) is 0 Å². The number of rotatable bonds is 18. The summed E-state index contributed by atoms with van der Waals surface area (Å²) < 4.78 is 6.63. The van der Waals surface area contributed by atoms with E-state index in [1.54, 1.807) is 62.3 Å². The molecule has 1 saturated carbocycles. The van der Waals surface area contributed by atoms with E-state index in [4.69, 9.17) is 10.5 Å². The number of carboxylic acid groups (broad SMARTS) is 2. The van der Waals surface area contributed by atoms with Crippen molar-refractivity contribution in [1.82, 2.24) is 20.9 Å². The first-order chi connectivity index (χ1) is 25.8. The van der Waals surface area contributed by atoms with Crippen molar-refractivity contribution >= 4 is 58.3 Å². The van der Waals surface area contributed by atoms with Crippen LogP contribution in [0.1, 0.15) is 126 Å². The number of nitrogens with two attached hydrogens (primary N) is 1. The summed E-state index contributed by atoms with van der Waals surface area (Å²) >= 11 is 2.21. The topological polar surface area (TPSA) is 217 Å². The molecule has 15 heteroatoms. The van der Waals surface area contributed by atoms with E-state index >= 15 is 0 Å². The molecular weight excluding hydrogens is 833 g/mol. The van der Waals surface area contributed by atoms with Gasteiger partial charge in [-0.2, -0.15) is 0 Å². The molecule has 0 aliphatic heterocycles. The van der Waals surface area contributed by atoms with Gasteiger partial charge in [0, 0.05) is 34.4 Å². The van der Waals surface area contributed by atoms with Gasteiger partial charge in [-0.15, -0.1) is 0 Å². The minimum Gasteiger partial charge on any atom is -0.481 e. The zero-order valence-corrected chi connectivity index (χ0v) is 36.9. The fraction of sp³-hybridized carbons (Fsp3) is 0.707. The lowest BCUT2D eigenvalue weighted by atomic mass is 9.68. The van der Waals surface area contributed by atoms with Crippen molar-refractivity contribution in [1.29, 1.82) is 0 Å². The van der Waals surface area contributed by atoms with E-state index in [9.17, 15) is 39.0 Å². The molecule has 0 saturated heterocycles. The lowest BCUT2D eigenvalue weighted by Crippen LogP contribution is -2.71. The molecule has 4 amide bonds. The third-order valence-electron chi connectivity index (χ3n) is 10.3. The predicted octanol–water partition coefficient (Wildman–Crippen LogP) is 5.62. The molecule has 3 atom stereocenters. The van der Waals surface area contributed by atoms with Crippen molar-refractivity contribution in [3.8, 4) is 0 Å². The highest BCUT2D eigenvalue weighted by atomic mass is 127. The molecule has 56 heavy (non-hydrogen) atoms. The second kappa shape index (κ2) is 20.8. The number of amides is 4. The summed E-state index contributed by atoms with van der Waals surface area (Å²) in [5, 5.41) is 28.9. The lowest BCUT2D eigenvalue weighted by molar-refractivity contribution is -0.164. The number of unbranched alkanes of at least 4 members (excludes halogenated alkanes) is 1. The molecule has 2 rings (SSSR count). The van der Waals surface area contributed by atoms with E-state index in [2.05, 4.69) is 38.5 Å². The Morgan fingerprint density at radius 3 is 2.00 bits per heavy atom. The Hall–Kier alpha value is -3.47. The van der Waals surface area contributed by atoms with Crippen molar-refractivity contribution in [3.05, 3.63) is 33.4 Å². The molecule has 0 heterocycles. The Kier molecular flexibility index (Phi) is 18.1. The van der Waals surface area contributed by atoms with Crippen LogP contribution < -0.4 is 21.7 Å². The maximum atomic E-state index is 14.3. The maximum Gasteiger partial charge on any atom is 0.330 e. The van der Waals surface area contributed by atoms with Crippen molar-refractivity contribution in [2.75, 3.05) is 13.1 Å². The fourth-order valence-corrected chi connectivity index (χ4v) is 7.98. The average Bonchev–Trinajstić information content (AvgIpc) is 3.07. The summed E-state index contributed by atoms with van der Waals surface area (Å²) in [5.74, 6) is -3.54. The Morgan fingerprint density at radius 2 is 1.50 bits per heavy atom. The first-order valence-electron chi connectivity index (χ1n) is 19.6. The zero-order valence-electron chi connectivity index (χ0n) is 34.8. The van der Waals surface area contributed by atoms with Gasteiger partial charge in [-0.25, -0.2) is 14.4 Å². The summed E-state index contributed by atoms with van der Waals surface area (Å²) in [6.07, 6.45) is 3.52. The molecule has 14 nitrogen and oxygen atoms in total. The first-order valence-corrected chi connectivity index (χ1v) is 20.7. The Labute approximate surface area is 346 Å². The molecule has 0 bridgehead atoms. The van der Waals surface area contributed by atoms with Crippen LogP contribution in [0.3, 0.4) is 0 Å². The number of hydrogen-bond acceptors (Lipinski definition) is 8. The van der Waals surface area contributed by atoms with E-state index in [0.29, 0.717) is 31.7 Å². The number of carbonyl (C=O) groups excluding carboxylic acids is 4. The van der Waals surface area contributed by atoms with Crippen LogP contribution in [-0.4, -0.2) is 92.7 Å². The highest BCUT2D eigenvalue weighted by Crippen LogP contribution is 2.44. The SMILES string of the molecule is CC(C)(C)OC(=O)[C@H](CCCCNC(=O)[C@H](Cc1ccccc1I)NC(=O)C1CCC(CN)CC1)NC(=O)N(C(C)(C)C)[C@@](CCC(=O)O)(C(=O)O)C(C)(C)C. The third kappa shape index (κ3) is 14.2. The minimum atomic E-state index is -1.97. The van der Waals surface area contributed by atoms with Gasteiger partial charge in [0.2, 0.25) is 11.8 Å². The van der Waals surface area contributed by atoms with Gasteiger partial charge in [0.05, 0.1) is 0 Å². The number of benzene rings is 1. The molecule has 1 aliphatic rings. The Bertz CT molecular complexity index is 1530. The van der Waals surface area contributed by atoms with Crippen LogP contribution in [0.4, 0.5) is 4.79 Å². The molecule has 1 fully saturated rings. The molecule has 1 aromatic rings. The van der Waals surface area contributed by atoms with Gasteiger partial charge in [0.25, 0.3) is 0 Å². The van der Waals surface area contributed by atoms with E-state index in [1.807, 2.05) is 24.3 Å². The van der Waals surface area contributed by atoms with E-state index in [0.717, 1.165) is 39.7 Å². The third-order valence-corrected chi connectivity index (χ3v) is 11.4. The largest absolute Gasteiger partial charge is 0.481 e. The molecule has 0 aromatic heterocycles. The van der Waals surface area contributed by atoms with Crippen LogP contribution in [0.2, 0.25) is 0 Å². The quantitative estimate of drug-likeness (QED) is 0.0607. The van der Waals surface area contributed by atoms with Crippen molar-refractivity contribution in [2.24, 2.45) is 23.0 Å². The second-order valence-electron chi connectivity index (χ2n) is 17.9. The Morgan fingerprint density at radius 1 is 0.893 bits per heavy atom. The molecule has 0 unspecified atom stereocenters. The average molecular weight is 900 g/mol. The number of esters is 1. The molecule has 0 radical (unpaired) electrons. The number of carboxylic acids is 2. The number of nitrogens with zero attached hydrogens (tertiary/aromatic N) is 1. The van der Waals surface area contributed by atoms with Crippen LogP contribution in [0.15, 0.2) is 24.3 Å². The van der Waals surface area contributed by atoms with E-state index < -0.39 is 64.5 Å². The molecule has 7 N–H and O–H groups in total. The van der Waals surface area contributed by atoms with Gasteiger partial charge < -0.3 is 41.5 Å². The number of nitrogens with one attached hydrogen (secondary N) is 3. The van der Waals surface area contributed by atoms with Gasteiger partial charge in [0.1, 0.15) is 23.2 Å². The summed E-state index contributed by atoms with van der Waals surface area (Å²) in [4.78, 5) is 80.7. The second-order valence-corrected chi connectivity index (χ2v) is 19.1. The molecule has 1 aromatic carbocycles. The number of aliphatic carboxylic acids is 2. The zero-order chi connectivity index (χ0) is 42.6. The normalized spacial score (nSPS) is 18.4. The number of hydrogen-bond donors (Lipinski definition) is 6. The molecule has 1 aliphatic carbocycles. The van der Waals surface area contributed by atoms with Crippen LogP contribution in [0, 0.1) is 20.8 Å². The number of carbonyl (C=O) groups is 6. The fourth-order valence-electron chi connectivity index (χ4n) is 7.37. The van der Waals surface area contributed by atoms with E-state index in [-0.39, 0.29) is 37.1 Å². The van der Waals surface area contributed by atoms with Gasteiger partial charge >= 0.3 is 23.9 Å². The summed E-state index contributed by atoms with van der Waals surface area (Å²) in [6.45, 7) is 15.8. The minimum absolute atomic E-state index is 0.104. The summed E-state index contributed by atoms with van der Waals surface area (Å²) in [5.41, 5.74) is 1.67. The monoisotopic (exact) mass is 899 g/mol. The number of urea groups is 1. The molecular formula is C41H66IN5O9. The van der Waals surface area contributed by atoms with Crippen LogP contribution in [-0.2, 0) is 35.1 Å². The molecule has 0 spiro atoms. The van der Waals surface area contributed by atoms with E-state index in [1.165, 1.54) is 0 Å². The van der Waals surface area contributed by atoms with Gasteiger partial charge in [-0.1, -0.05) is 39.0 Å². The van der Waals surface area contributed by atoms with Gasteiger partial charge in [0.15, 0.2) is 0 Å². The van der Waals surface area contributed by atoms with Crippen LogP contribution >= 0.6 is 22.6 Å². The lowest BCUT2D eigenvalue weighted by Gasteiger charge is -2.54. The number of ether oxygens (including phenoxy) is 1. The maximum absolute atomic E-state index is 14.3. The van der Waals surface area contributed by atoms with Crippen LogP contribution in [0.5, 0.6) is 0 Å². The predicted molar refractivity (Wildman–Crippen MR) is 223 cm³/mol. The van der Waals surface area contributed by atoms with Crippen molar-refractivity contribution in [3.63, 3.8) is 0 Å². The summed E-state index contributed by atoms with van der Waals surface area (Å²) in [6, 6.07) is 4.84. The smallest absolute Gasteiger partial charge is 0.330 e. The van der Waals surface area contributed by atoms with Crippen molar-refractivity contribution in [2.45, 2.75) is 155 Å². The molecule has 316 valence electrons.